The van der Waals surface area contributed by atoms with Gasteiger partial charge in [-0.15, -0.1) is 0 Å². The molecule has 2 N–H and O–H groups in total. The Morgan fingerprint density at radius 2 is 1.86 bits per heavy atom. The smallest absolute Gasteiger partial charge is 0.122 e. The second-order valence-electron chi connectivity index (χ2n) is 5.19. The van der Waals surface area contributed by atoms with Crippen LogP contribution in [0.15, 0.2) is 42.5 Å². The molecule has 1 unspecified atom stereocenters. The lowest BCUT2D eigenvalue weighted by Crippen LogP contribution is -2.18. The third kappa shape index (κ3) is 3.99. The lowest BCUT2D eigenvalue weighted by Gasteiger charge is -2.16. The zero-order valence-electron chi connectivity index (χ0n) is 12.9. The molecule has 3 heteroatoms. The van der Waals surface area contributed by atoms with Crippen LogP contribution in [-0.4, -0.2) is 11.7 Å². The van der Waals surface area contributed by atoms with E-state index in [1.165, 1.54) is 5.56 Å². The second kappa shape index (κ2) is 7.14. The molecule has 0 aliphatic carbocycles. The van der Waals surface area contributed by atoms with Crippen LogP contribution in [0, 0.1) is 6.92 Å². The lowest BCUT2D eigenvalue weighted by molar-refractivity contribution is 0.340. The maximum absolute atomic E-state index is 10.0. The van der Waals surface area contributed by atoms with Crippen molar-refractivity contribution in [2.24, 2.45) is 0 Å². The standard InChI is InChI=1S/C18H23NO2/c1-4-21-17-10-8-15(9-11-17)14(3)19-12-16-7-5-6-13(2)18(16)20/h5-11,14,19-20H,4,12H2,1-3H3. The molecule has 0 amide bonds. The molecular formula is C18H23NO2. The number of para-hydroxylation sites is 1. The van der Waals surface area contributed by atoms with Crippen LogP contribution in [0.1, 0.15) is 36.6 Å². The summed E-state index contributed by atoms with van der Waals surface area (Å²) in [5.74, 6) is 1.27. The summed E-state index contributed by atoms with van der Waals surface area (Å²) in [5.41, 5.74) is 3.03. The zero-order valence-corrected chi connectivity index (χ0v) is 12.9. The highest BCUT2D eigenvalue weighted by atomic mass is 16.5. The van der Waals surface area contributed by atoms with Gasteiger partial charge in [0.2, 0.25) is 0 Å². The summed E-state index contributed by atoms with van der Waals surface area (Å²) < 4.78 is 5.45. The van der Waals surface area contributed by atoms with Gasteiger partial charge in [-0.05, 0) is 44.0 Å². The molecule has 21 heavy (non-hydrogen) atoms. The number of phenolic OH excluding ortho intramolecular Hbond substituents is 1. The Hall–Kier alpha value is -2.00. The van der Waals surface area contributed by atoms with Gasteiger partial charge in [0, 0.05) is 18.2 Å². The second-order valence-corrected chi connectivity index (χ2v) is 5.19. The van der Waals surface area contributed by atoms with Crippen LogP contribution in [0.2, 0.25) is 0 Å². The van der Waals surface area contributed by atoms with Crippen LogP contribution in [0.25, 0.3) is 0 Å². The largest absolute Gasteiger partial charge is 0.507 e. The maximum Gasteiger partial charge on any atom is 0.122 e. The van der Waals surface area contributed by atoms with Crippen LogP contribution in [-0.2, 0) is 6.54 Å². The summed E-state index contributed by atoms with van der Waals surface area (Å²) in [7, 11) is 0. The predicted molar refractivity (Wildman–Crippen MR) is 85.7 cm³/mol. The molecule has 2 aromatic rings. The number of hydrogen-bond acceptors (Lipinski definition) is 3. The molecule has 0 saturated heterocycles. The Balaban J connectivity index is 1.98. The topological polar surface area (TPSA) is 41.5 Å². The van der Waals surface area contributed by atoms with E-state index in [1.807, 2.05) is 44.2 Å². The summed E-state index contributed by atoms with van der Waals surface area (Å²) in [6, 6.07) is 14.1. The van der Waals surface area contributed by atoms with Gasteiger partial charge < -0.3 is 15.2 Å². The molecule has 112 valence electrons. The highest BCUT2D eigenvalue weighted by Gasteiger charge is 2.08. The number of phenols is 1. The van der Waals surface area contributed by atoms with Crippen molar-refractivity contribution in [3.05, 3.63) is 59.2 Å². The number of aryl methyl sites for hydroxylation is 1. The van der Waals surface area contributed by atoms with E-state index in [0.29, 0.717) is 18.9 Å². The van der Waals surface area contributed by atoms with Gasteiger partial charge in [0.1, 0.15) is 11.5 Å². The first-order valence-electron chi connectivity index (χ1n) is 7.35. The highest BCUT2D eigenvalue weighted by Crippen LogP contribution is 2.23. The number of aromatic hydroxyl groups is 1. The van der Waals surface area contributed by atoms with Gasteiger partial charge in [0.05, 0.1) is 6.61 Å². The SMILES string of the molecule is CCOc1ccc(C(C)NCc2cccc(C)c2O)cc1. The molecule has 3 nitrogen and oxygen atoms in total. The van der Waals surface area contributed by atoms with Gasteiger partial charge in [-0.3, -0.25) is 0 Å². The van der Waals surface area contributed by atoms with Crippen molar-refractivity contribution in [1.29, 1.82) is 0 Å². The third-order valence-electron chi connectivity index (χ3n) is 3.61. The van der Waals surface area contributed by atoms with Crippen LogP contribution in [0.4, 0.5) is 0 Å². The van der Waals surface area contributed by atoms with E-state index < -0.39 is 0 Å². The summed E-state index contributed by atoms with van der Waals surface area (Å²) in [4.78, 5) is 0. The minimum absolute atomic E-state index is 0.209. The molecular weight excluding hydrogens is 262 g/mol. The van der Waals surface area contributed by atoms with Gasteiger partial charge in [0.15, 0.2) is 0 Å². The minimum Gasteiger partial charge on any atom is -0.507 e. The molecule has 0 aliphatic heterocycles. The first-order valence-corrected chi connectivity index (χ1v) is 7.35. The van der Waals surface area contributed by atoms with Crippen LogP contribution in [0.3, 0.4) is 0 Å². The number of nitrogens with one attached hydrogen (secondary N) is 1. The average Bonchev–Trinajstić information content (AvgIpc) is 2.49. The fraction of sp³-hybridized carbons (Fsp3) is 0.333. The van der Waals surface area contributed by atoms with E-state index in [-0.39, 0.29) is 6.04 Å². The highest BCUT2D eigenvalue weighted by molar-refractivity contribution is 5.39. The normalized spacial score (nSPS) is 12.1. The van der Waals surface area contributed by atoms with Crippen molar-refractivity contribution >= 4 is 0 Å². The minimum atomic E-state index is 0.209. The molecule has 0 fully saturated rings. The van der Waals surface area contributed by atoms with E-state index in [4.69, 9.17) is 4.74 Å². The predicted octanol–water partition coefficient (Wildman–Crippen LogP) is 3.95. The van der Waals surface area contributed by atoms with Crippen molar-refractivity contribution in [2.75, 3.05) is 6.61 Å². The maximum atomic E-state index is 10.0. The molecule has 1 atom stereocenters. The Bertz CT molecular complexity index is 578. The lowest BCUT2D eigenvalue weighted by atomic mass is 10.1. The quantitative estimate of drug-likeness (QED) is 0.844. The van der Waals surface area contributed by atoms with Crippen molar-refractivity contribution in [3.63, 3.8) is 0 Å². The number of ether oxygens (including phenoxy) is 1. The van der Waals surface area contributed by atoms with E-state index in [0.717, 1.165) is 16.9 Å². The van der Waals surface area contributed by atoms with Crippen LogP contribution >= 0.6 is 0 Å². The summed E-state index contributed by atoms with van der Waals surface area (Å²) >= 11 is 0. The van der Waals surface area contributed by atoms with E-state index in [1.54, 1.807) is 0 Å². The summed E-state index contributed by atoms with van der Waals surface area (Å²) in [6.07, 6.45) is 0. The third-order valence-corrected chi connectivity index (χ3v) is 3.61. The van der Waals surface area contributed by atoms with Gasteiger partial charge in [-0.2, -0.15) is 0 Å². The molecule has 0 aliphatic rings. The Labute approximate surface area is 126 Å². The monoisotopic (exact) mass is 285 g/mol. The van der Waals surface area contributed by atoms with E-state index in [9.17, 15) is 5.11 Å². The Morgan fingerprint density at radius 1 is 1.14 bits per heavy atom. The molecule has 0 heterocycles. The van der Waals surface area contributed by atoms with Crippen molar-refractivity contribution in [3.8, 4) is 11.5 Å². The van der Waals surface area contributed by atoms with Gasteiger partial charge in [-0.1, -0.05) is 30.3 Å². The van der Waals surface area contributed by atoms with Crippen LogP contribution in [0.5, 0.6) is 11.5 Å². The number of hydrogen-bond donors (Lipinski definition) is 2. The van der Waals surface area contributed by atoms with Crippen molar-refractivity contribution in [1.82, 2.24) is 5.32 Å². The molecule has 0 bridgehead atoms. The van der Waals surface area contributed by atoms with Crippen molar-refractivity contribution in [2.45, 2.75) is 33.4 Å². The molecule has 2 aromatic carbocycles. The molecule has 0 spiro atoms. The van der Waals surface area contributed by atoms with Gasteiger partial charge in [-0.25, -0.2) is 0 Å². The fourth-order valence-corrected chi connectivity index (χ4v) is 2.26. The van der Waals surface area contributed by atoms with E-state index >= 15 is 0 Å². The van der Waals surface area contributed by atoms with Crippen LogP contribution < -0.4 is 10.1 Å². The van der Waals surface area contributed by atoms with Crippen molar-refractivity contribution < 1.29 is 9.84 Å². The molecule has 2 rings (SSSR count). The average molecular weight is 285 g/mol. The van der Waals surface area contributed by atoms with E-state index in [2.05, 4.69) is 24.4 Å². The zero-order chi connectivity index (χ0) is 15.2. The fourth-order valence-electron chi connectivity index (χ4n) is 2.26. The summed E-state index contributed by atoms with van der Waals surface area (Å²) in [6.45, 7) is 7.32. The first-order chi connectivity index (χ1) is 10.1. The molecule has 0 radical (unpaired) electrons. The number of benzene rings is 2. The van der Waals surface area contributed by atoms with Gasteiger partial charge >= 0.3 is 0 Å². The molecule has 0 aromatic heterocycles. The Kier molecular flexibility index (Phi) is 5.23. The first kappa shape index (κ1) is 15.4. The Morgan fingerprint density at radius 3 is 2.52 bits per heavy atom. The number of rotatable bonds is 6. The summed E-state index contributed by atoms with van der Waals surface area (Å²) in [5, 5.41) is 13.5. The molecule has 0 saturated carbocycles. The van der Waals surface area contributed by atoms with Gasteiger partial charge in [0.25, 0.3) is 0 Å².